The first-order chi connectivity index (χ1) is 12.4. The molecule has 0 amide bonds. The highest BCUT2D eigenvalue weighted by Crippen LogP contribution is 2.29. The van der Waals surface area contributed by atoms with E-state index in [2.05, 4.69) is 58.9 Å². The summed E-state index contributed by atoms with van der Waals surface area (Å²) in [4.78, 5) is 13.0. The topological polar surface area (TPSA) is 52.6 Å². The quantitative estimate of drug-likeness (QED) is 0.617. The van der Waals surface area contributed by atoms with E-state index < -0.39 is 12.6 Å². The SMILES string of the molecule is CCCCN(Cc1ccc(OCC(=O)[O-])c(C)c1)c1cccc(Br)c1C. The number of aliphatic carboxylic acids is 1. The summed E-state index contributed by atoms with van der Waals surface area (Å²) in [5.41, 5.74) is 4.54. The Bertz CT molecular complexity index is 761. The van der Waals surface area contributed by atoms with Crippen LogP contribution in [0.15, 0.2) is 40.9 Å². The minimum absolute atomic E-state index is 0.431. The number of carbonyl (C=O) groups excluding carboxylic acids is 1. The lowest BCUT2D eigenvalue weighted by atomic mass is 10.1. The molecule has 4 nitrogen and oxygen atoms in total. The first kappa shape index (κ1) is 20.3. The van der Waals surface area contributed by atoms with Gasteiger partial charge in [0.2, 0.25) is 0 Å². The molecule has 2 aromatic carbocycles. The maximum atomic E-state index is 10.6. The van der Waals surface area contributed by atoms with Gasteiger partial charge >= 0.3 is 0 Å². The van der Waals surface area contributed by atoms with Gasteiger partial charge in [-0.25, -0.2) is 0 Å². The van der Waals surface area contributed by atoms with Gasteiger partial charge in [0.25, 0.3) is 0 Å². The number of carbonyl (C=O) groups is 1. The molecule has 0 atom stereocenters. The van der Waals surface area contributed by atoms with Crippen molar-refractivity contribution >= 4 is 27.6 Å². The Morgan fingerprint density at radius 2 is 2.00 bits per heavy atom. The van der Waals surface area contributed by atoms with Gasteiger partial charge in [0, 0.05) is 23.2 Å². The molecule has 0 aromatic heterocycles. The van der Waals surface area contributed by atoms with Crippen LogP contribution in [0.1, 0.15) is 36.5 Å². The van der Waals surface area contributed by atoms with E-state index in [9.17, 15) is 9.90 Å². The predicted octanol–water partition coefficient (Wildman–Crippen LogP) is 4.00. The summed E-state index contributed by atoms with van der Waals surface area (Å²) in [6, 6.07) is 12.2. The number of nitrogens with zero attached hydrogens (tertiary/aromatic N) is 1. The lowest BCUT2D eigenvalue weighted by Crippen LogP contribution is -2.29. The van der Waals surface area contributed by atoms with Gasteiger partial charge in [0.05, 0.1) is 5.97 Å². The number of carboxylic acids is 1. The van der Waals surface area contributed by atoms with Gasteiger partial charge < -0.3 is 19.5 Å². The zero-order valence-electron chi connectivity index (χ0n) is 15.5. The van der Waals surface area contributed by atoms with Crippen LogP contribution in [0.3, 0.4) is 0 Å². The Morgan fingerprint density at radius 1 is 1.23 bits per heavy atom. The lowest BCUT2D eigenvalue weighted by molar-refractivity contribution is -0.307. The first-order valence-electron chi connectivity index (χ1n) is 8.84. The highest BCUT2D eigenvalue weighted by atomic mass is 79.9. The van der Waals surface area contributed by atoms with E-state index >= 15 is 0 Å². The molecule has 0 radical (unpaired) electrons. The number of unbranched alkanes of at least 4 members (excludes halogenated alkanes) is 1. The first-order valence-corrected chi connectivity index (χ1v) is 9.64. The van der Waals surface area contributed by atoms with Gasteiger partial charge in [-0.1, -0.05) is 47.5 Å². The summed E-state index contributed by atoms with van der Waals surface area (Å²) in [6.07, 6.45) is 2.26. The van der Waals surface area contributed by atoms with Gasteiger partial charge in [0.15, 0.2) is 0 Å². The van der Waals surface area contributed by atoms with Crippen molar-refractivity contribution in [1.82, 2.24) is 0 Å². The van der Waals surface area contributed by atoms with E-state index in [1.54, 1.807) is 0 Å². The standard InChI is InChI=1S/C21H26BrNO3/c1-4-5-11-23(19-8-6-7-18(22)16(19)3)13-17-9-10-20(15(2)12-17)26-14-21(24)25/h6-10,12H,4-5,11,13-14H2,1-3H3,(H,24,25)/p-1. The molecule has 0 saturated heterocycles. The van der Waals surface area contributed by atoms with Crippen molar-refractivity contribution in [2.75, 3.05) is 18.1 Å². The largest absolute Gasteiger partial charge is 0.546 e. The minimum atomic E-state index is -1.22. The van der Waals surface area contributed by atoms with Gasteiger partial charge in [-0.3, -0.25) is 0 Å². The Kier molecular flexibility index (Phi) is 7.51. The summed E-state index contributed by atoms with van der Waals surface area (Å²) >= 11 is 3.62. The second-order valence-corrected chi connectivity index (χ2v) is 7.27. The zero-order chi connectivity index (χ0) is 19.1. The molecule has 140 valence electrons. The van der Waals surface area contributed by atoms with Gasteiger partial charge in [-0.15, -0.1) is 0 Å². The predicted molar refractivity (Wildman–Crippen MR) is 107 cm³/mol. The highest BCUT2D eigenvalue weighted by Gasteiger charge is 2.12. The molecule has 0 saturated carbocycles. The average Bonchev–Trinajstić information content (AvgIpc) is 2.60. The monoisotopic (exact) mass is 418 g/mol. The molecular formula is C21H25BrNO3-. The number of ether oxygens (including phenoxy) is 1. The van der Waals surface area contributed by atoms with Crippen molar-refractivity contribution in [3.05, 3.63) is 57.6 Å². The van der Waals surface area contributed by atoms with Crippen molar-refractivity contribution in [3.63, 3.8) is 0 Å². The third-order valence-electron chi connectivity index (χ3n) is 4.32. The van der Waals surface area contributed by atoms with E-state index in [1.807, 2.05) is 19.1 Å². The van der Waals surface area contributed by atoms with Gasteiger partial charge in [0.1, 0.15) is 12.4 Å². The van der Waals surface area contributed by atoms with Crippen molar-refractivity contribution < 1.29 is 14.6 Å². The Hall–Kier alpha value is -2.01. The average molecular weight is 419 g/mol. The van der Waals surface area contributed by atoms with Gasteiger partial charge in [-0.2, -0.15) is 0 Å². The van der Waals surface area contributed by atoms with Crippen molar-refractivity contribution in [2.45, 2.75) is 40.2 Å². The van der Waals surface area contributed by atoms with Crippen LogP contribution in [-0.2, 0) is 11.3 Å². The molecule has 0 bridgehead atoms. The molecule has 0 N–H and O–H groups in total. The maximum absolute atomic E-state index is 10.6. The number of rotatable bonds is 9. The summed E-state index contributed by atoms with van der Waals surface area (Å²) in [5, 5.41) is 10.6. The Labute approximate surface area is 163 Å². The molecular weight excluding hydrogens is 394 g/mol. The smallest absolute Gasteiger partial charge is 0.128 e. The van der Waals surface area contributed by atoms with Crippen LogP contribution < -0.4 is 14.7 Å². The molecule has 2 aromatic rings. The third kappa shape index (κ3) is 5.49. The molecule has 26 heavy (non-hydrogen) atoms. The van der Waals surface area contributed by atoms with Gasteiger partial charge in [-0.05, 0) is 55.2 Å². The van der Waals surface area contributed by atoms with E-state index in [1.165, 1.54) is 16.8 Å². The number of anilines is 1. The van der Waals surface area contributed by atoms with Crippen LogP contribution in [-0.4, -0.2) is 19.1 Å². The number of benzene rings is 2. The summed E-state index contributed by atoms with van der Waals surface area (Å²) in [6.45, 7) is 7.59. The van der Waals surface area contributed by atoms with Crippen LogP contribution >= 0.6 is 15.9 Å². The molecule has 0 aliphatic heterocycles. The number of halogens is 1. The van der Waals surface area contributed by atoms with Crippen LogP contribution in [0.2, 0.25) is 0 Å². The summed E-state index contributed by atoms with van der Waals surface area (Å²) in [5.74, 6) is -0.638. The molecule has 2 rings (SSSR count). The highest BCUT2D eigenvalue weighted by molar-refractivity contribution is 9.10. The van der Waals surface area contributed by atoms with Crippen molar-refractivity contribution in [1.29, 1.82) is 0 Å². The normalized spacial score (nSPS) is 10.6. The maximum Gasteiger partial charge on any atom is 0.128 e. The van der Waals surface area contributed by atoms with Crippen molar-refractivity contribution in [2.24, 2.45) is 0 Å². The van der Waals surface area contributed by atoms with Crippen LogP contribution in [0, 0.1) is 13.8 Å². The molecule has 0 heterocycles. The lowest BCUT2D eigenvalue weighted by Gasteiger charge is -2.27. The van der Waals surface area contributed by atoms with E-state index in [0.29, 0.717) is 5.75 Å². The second-order valence-electron chi connectivity index (χ2n) is 6.42. The van der Waals surface area contributed by atoms with Crippen molar-refractivity contribution in [3.8, 4) is 5.75 Å². The number of hydrogen-bond donors (Lipinski definition) is 0. The fraction of sp³-hybridized carbons (Fsp3) is 0.381. The molecule has 0 spiro atoms. The zero-order valence-corrected chi connectivity index (χ0v) is 17.1. The fourth-order valence-corrected chi connectivity index (χ4v) is 3.26. The number of hydrogen-bond acceptors (Lipinski definition) is 4. The van der Waals surface area contributed by atoms with Crippen LogP contribution in [0.4, 0.5) is 5.69 Å². The molecule has 0 unspecified atom stereocenters. The summed E-state index contributed by atoms with van der Waals surface area (Å²) < 4.78 is 6.37. The number of aryl methyl sites for hydroxylation is 1. The molecule has 0 fully saturated rings. The minimum Gasteiger partial charge on any atom is -0.546 e. The fourth-order valence-electron chi connectivity index (χ4n) is 2.90. The molecule has 0 aliphatic carbocycles. The molecule has 0 aliphatic rings. The van der Waals surface area contributed by atoms with Crippen LogP contribution in [0.5, 0.6) is 5.75 Å². The Balaban J connectivity index is 2.21. The van der Waals surface area contributed by atoms with E-state index in [-0.39, 0.29) is 0 Å². The third-order valence-corrected chi connectivity index (χ3v) is 5.18. The van der Waals surface area contributed by atoms with E-state index in [0.717, 1.165) is 36.0 Å². The van der Waals surface area contributed by atoms with Crippen LogP contribution in [0.25, 0.3) is 0 Å². The second kappa shape index (κ2) is 9.62. The molecule has 5 heteroatoms. The Morgan fingerprint density at radius 3 is 2.65 bits per heavy atom. The van der Waals surface area contributed by atoms with E-state index in [4.69, 9.17) is 4.74 Å². The number of carboxylic acid groups (broad SMARTS) is 1. The summed E-state index contributed by atoms with van der Waals surface area (Å²) in [7, 11) is 0.